The van der Waals surface area contributed by atoms with Crippen LogP contribution in [-0.4, -0.2) is 119 Å². The molecule has 360 valence electrons. The number of carbonyl (C=O) groups excluding carboxylic acids is 5. The first-order valence-corrected chi connectivity index (χ1v) is 22.1. The molecule has 0 aliphatic heterocycles. The van der Waals surface area contributed by atoms with Crippen LogP contribution in [0.2, 0.25) is 0 Å². The SMILES string of the molecule is C=CCOC(=O)N(C)C(CC(C)C)C(=O)N(C)C(Cc1ccccc1)C(=O)NC(COc1cnc2ccc(F)cc2c1C(=O)NC(CC(=O)O)C(=O)NCCc1cc(C)no1)Cc1ccccc1. The number of pyridine rings is 1. The number of carboxylic acids is 1. The Hall–Kier alpha value is -7.63. The number of hydrogen-bond donors (Lipinski definition) is 4. The Labute approximate surface area is 394 Å². The van der Waals surface area contributed by atoms with Crippen LogP contribution in [0, 0.1) is 18.7 Å². The number of amides is 5. The highest BCUT2D eigenvalue weighted by Crippen LogP contribution is 2.28. The number of likely N-dealkylation sites (N-methyl/N-ethyl adjacent to an activating group) is 2. The van der Waals surface area contributed by atoms with E-state index in [2.05, 4.69) is 32.7 Å². The van der Waals surface area contributed by atoms with Crippen molar-refractivity contribution in [3.8, 4) is 5.75 Å². The van der Waals surface area contributed by atoms with Crippen LogP contribution in [0.1, 0.15) is 59.6 Å². The average molecular weight is 936 g/mol. The van der Waals surface area contributed by atoms with Gasteiger partial charge in [-0.1, -0.05) is 92.3 Å². The van der Waals surface area contributed by atoms with E-state index in [-0.39, 0.29) is 73.6 Å². The molecule has 0 aliphatic rings. The summed E-state index contributed by atoms with van der Waals surface area (Å²) in [4.78, 5) is 88.7. The Kier molecular flexibility index (Phi) is 18.7. The smallest absolute Gasteiger partial charge is 0.410 e. The van der Waals surface area contributed by atoms with E-state index in [1.54, 1.807) is 13.0 Å². The summed E-state index contributed by atoms with van der Waals surface area (Å²) in [5, 5.41) is 21.7. The van der Waals surface area contributed by atoms with E-state index in [1.165, 1.54) is 42.2 Å². The molecule has 4 unspecified atom stereocenters. The molecule has 0 fully saturated rings. The molecular weight excluding hydrogens is 878 g/mol. The molecule has 18 heteroatoms. The second-order valence-corrected chi connectivity index (χ2v) is 16.7. The topological polar surface area (TPSA) is 223 Å². The Balaban J connectivity index is 1.45. The number of rotatable bonds is 24. The molecular formula is C50H58FN7O10. The lowest BCUT2D eigenvalue weighted by molar-refractivity contribution is -0.143. The fourth-order valence-electron chi connectivity index (χ4n) is 7.47. The predicted octanol–water partition coefficient (Wildman–Crippen LogP) is 5.45. The van der Waals surface area contributed by atoms with E-state index in [0.29, 0.717) is 11.5 Å². The molecule has 0 aliphatic carbocycles. The number of ether oxygens (including phenoxy) is 2. The summed E-state index contributed by atoms with van der Waals surface area (Å²) >= 11 is 0. The van der Waals surface area contributed by atoms with Crippen molar-refractivity contribution in [3.05, 3.63) is 138 Å². The van der Waals surface area contributed by atoms with Gasteiger partial charge in [-0.05, 0) is 55.0 Å². The van der Waals surface area contributed by atoms with Gasteiger partial charge in [-0.2, -0.15) is 0 Å². The van der Waals surface area contributed by atoms with E-state index in [0.717, 1.165) is 23.3 Å². The highest BCUT2D eigenvalue weighted by atomic mass is 19.1. The van der Waals surface area contributed by atoms with Gasteiger partial charge in [0.25, 0.3) is 5.91 Å². The van der Waals surface area contributed by atoms with Gasteiger partial charge >= 0.3 is 12.1 Å². The molecule has 0 bridgehead atoms. The molecule has 2 aromatic heterocycles. The van der Waals surface area contributed by atoms with Gasteiger partial charge in [0.15, 0.2) is 5.75 Å². The molecule has 17 nitrogen and oxygen atoms in total. The largest absolute Gasteiger partial charge is 0.489 e. The number of aliphatic carboxylic acids is 1. The van der Waals surface area contributed by atoms with Crippen LogP contribution in [0.3, 0.4) is 0 Å². The van der Waals surface area contributed by atoms with Gasteiger partial charge in [-0.25, -0.2) is 9.18 Å². The molecule has 0 radical (unpaired) electrons. The monoisotopic (exact) mass is 935 g/mol. The molecule has 0 saturated heterocycles. The standard InChI is InChI=1S/C50H58FN7O10/c1-7-22-66-50(65)58(6)42(23-31(2)3)49(64)57(5)41(26-34-16-12-9-13-17-34)47(62)54-36(25-33-14-10-8-11-15-33)30-67-43-29-53-39-19-18-35(51)27-38(39)45(43)48(63)55-40(28-44(59)60)46(61)52-21-20-37-24-32(4)56-68-37/h7-19,24,27,29,31,36,40-42H,1,20-23,25-26,28,30H2,2-6H3,(H,52,61)(H,54,62)(H,55,63)(H,59,60). The minimum absolute atomic E-state index is 0.0103. The van der Waals surface area contributed by atoms with Crippen molar-refractivity contribution in [2.45, 2.75) is 77.0 Å². The van der Waals surface area contributed by atoms with Gasteiger partial charge in [-0.15, -0.1) is 0 Å². The van der Waals surface area contributed by atoms with Crippen molar-refractivity contribution in [1.82, 2.24) is 35.9 Å². The van der Waals surface area contributed by atoms with Gasteiger partial charge in [-0.3, -0.25) is 33.9 Å². The number of nitrogens with one attached hydrogen (secondary N) is 3. The number of carboxylic acid groups (broad SMARTS) is 1. The first kappa shape index (κ1) is 51.4. The minimum atomic E-state index is -1.56. The molecule has 2 heterocycles. The summed E-state index contributed by atoms with van der Waals surface area (Å²) in [5.41, 5.74) is 2.17. The van der Waals surface area contributed by atoms with Crippen LogP contribution in [0.4, 0.5) is 9.18 Å². The minimum Gasteiger partial charge on any atom is -0.489 e. The number of halogens is 1. The summed E-state index contributed by atoms with van der Waals surface area (Å²) in [6.07, 6.45) is 1.99. The van der Waals surface area contributed by atoms with E-state index >= 15 is 0 Å². The van der Waals surface area contributed by atoms with Crippen LogP contribution in [0.5, 0.6) is 5.75 Å². The highest BCUT2D eigenvalue weighted by Gasteiger charge is 2.37. The zero-order valence-corrected chi connectivity index (χ0v) is 38.8. The normalized spacial score (nSPS) is 12.8. The lowest BCUT2D eigenvalue weighted by atomic mass is 9.98. The van der Waals surface area contributed by atoms with Crippen molar-refractivity contribution in [3.63, 3.8) is 0 Å². The summed E-state index contributed by atoms with van der Waals surface area (Å²) in [7, 11) is 2.98. The maximum Gasteiger partial charge on any atom is 0.410 e. The van der Waals surface area contributed by atoms with Crippen LogP contribution < -0.4 is 20.7 Å². The second kappa shape index (κ2) is 24.8. The molecule has 68 heavy (non-hydrogen) atoms. The van der Waals surface area contributed by atoms with E-state index in [4.69, 9.17) is 14.0 Å². The van der Waals surface area contributed by atoms with Gasteiger partial charge in [0.1, 0.15) is 42.9 Å². The van der Waals surface area contributed by atoms with Crippen molar-refractivity contribution in [2.24, 2.45) is 5.92 Å². The third-order valence-corrected chi connectivity index (χ3v) is 10.9. The quantitative estimate of drug-likeness (QED) is 0.0568. The van der Waals surface area contributed by atoms with Crippen molar-refractivity contribution < 1.29 is 52.3 Å². The lowest BCUT2D eigenvalue weighted by Gasteiger charge is -2.35. The Morgan fingerprint density at radius 1 is 0.882 bits per heavy atom. The number of carbonyl (C=O) groups is 6. The molecule has 4 atom stereocenters. The highest BCUT2D eigenvalue weighted by molar-refractivity contribution is 6.09. The van der Waals surface area contributed by atoms with E-state index in [1.807, 2.05) is 74.5 Å². The summed E-state index contributed by atoms with van der Waals surface area (Å²) in [6, 6.07) is 19.1. The number of fused-ring (bicyclic) bond motifs is 1. The third kappa shape index (κ3) is 14.7. The second-order valence-electron chi connectivity index (χ2n) is 16.7. The average Bonchev–Trinajstić information content (AvgIpc) is 3.74. The number of hydrogen-bond acceptors (Lipinski definition) is 11. The summed E-state index contributed by atoms with van der Waals surface area (Å²) in [5.74, 6) is -4.55. The Morgan fingerprint density at radius 2 is 1.56 bits per heavy atom. The van der Waals surface area contributed by atoms with Gasteiger partial charge in [0, 0.05) is 44.9 Å². The molecule has 5 amide bonds. The maximum atomic E-state index is 14.9. The van der Waals surface area contributed by atoms with Crippen molar-refractivity contribution in [1.29, 1.82) is 0 Å². The van der Waals surface area contributed by atoms with Crippen LogP contribution in [0.15, 0.2) is 108 Å². The first-order chi connectivity index (χ1) is 32.5. The lowest BCUT2D eigenvalue weighted by Crippen LogP contribution is -2.57. The maximum absolute atomic E-state index is 14.9. The molecule has 3 aromatic carbocycles. The molecule has 5 rings (SSSR count). The Bertz CT molecular complexity index is 2540. The first-order valence-electron chi connectivity index (χ1n) is 22.1. The number of nitrogens with zero attached hydrogens (tertiary/aromatic N) is 4. The number of aromatic nitrogens is 2. The zero-order valence-electron chi connectivity index (χ0n) is 38.8. The molecule has 5 aromatic rings. The molecule has 4 N–H and O–H groups in total. The van der Waals surface area contributed by atoms with E-state index < -0.39 is 72.1 Å². The van der Waals surface area contributed by atoms with Crippen LogP contribution in [0.25, 0.3) is 10.9 Å². The number of aryl methyl sites for hydroxylation is 1. The predicted molar refractivity (Wildman–Crippen MR) is 250 cm³/mol. The summed E-state index contributed by atoms with van der Waals surface area (Å²) in [6.45, 7) is 8.85. The zero-order chi connectivity index (χ0) is 49.3. The Morgan fingerprint density at radius 3 is 2.18 bits per heavy atom. The number of benzene rings is 3. The van der Waals surface area contributed by atoms with Crippen molar-refractivity contribution in [2.75, 3.05) is 33.9 Å². The summed E-state index contributed by atoms with van der Waals surface area (Å²) < 4.78 is 31.7. The van der Waals surface area contributed by atoms with Gasteiger partial charge in [0.2, 0.25) is 17.7 Å². The van der Waals surface area contributed by atoms with Gasteiger partial charge in [0.05, 0.1) is 35.4 Å². The van der Waals surface area contributed by atoms with Gasteiger partial charge < -0.3 is 40.0 Å². The molecule has 0 spiro atoms. The van der Waals surface area contributed by atoms with Crippen LogP contribution in [-0.2, 0) is 43.2 Å². The van der Waals surface area contributed by atoms with Crippen molar-refractivity contribution >= 4 is 46.6 Å². The fraction of sp³-hybridized carbons (Fsp3) is 0.360. The fourth-order valence-corrected chi connectivity index (χ4v) is 7.47. The molecule has 0 saturated carbocycles. The van der Waals surface area contributed by atoms with Crippen LogP contribution >= 0.6 is 0 Å². The van der Waals surface area contributed by atoms with E-state index in [9.17, 15) is 38.3 Å². The third-order valence-electron chi connectivity index (χ3n) is 10.9.